The molecular weight excluding hydrogens is 516 g/mol. The molecule has 0 aliphatic rings. The van der Waals surface area contributed by atoms with Crippen LogP contribution in [-0.4, -0.2) is 35.2 Å². The minimum atomic E-state index is -4.48. The first kappa shape index (κ1) is 23.3. The summed E-state index contributed by atoms with van der Waals surface area (Å²) in [5.41, 5.74) is 5.27. The maximum Gasteiger partial charge on any atom is 0.294 e. The molecule has 0 saturated heterocycles. The molecule has 0 radical (unpaired) electrons. The summed E-state index contributed by atoms with van der Waals surface area (Å²) in [7, 11) is -2.89. The molecule has 2 heterocycles. The molecule has 192 valence electrons. The van der Waals surface area contributed by atoms with Gasteiger partial charge in [-0.05, 0) is 41.3 Å². The first-order valence-corrected chi connectivity index (χ1v) is 13.5. The Bertz CT molecular complexity index is 2210. The number of ether oxygens (including phenoxy) is 1. The van der Waals surface area contributed by atoms with Crippen molar-refractivity contribution >= 4 is 53.9 Å². The number of hydrogen-bond acceptors (Lipinski definition) is 6. The molecule has 5 aromatic carbocycles. The smallest absolute Gasteiger partial charge is 0.294 e. The maximum atomic E-state index is 11.6. The number of aromatic amines is 1. The van der Waals surface area contributed by atoms with Crippen molar-refractivity contribution in [3.05, 3.63) is 84.9 Å². The van der Waals surface area contributed by atoms with Crippen molar-refractivity contribution in [2.45, 2.75) is 4.90 Å². The van der Waals surface area contributed by atoms with Crippen molar-refractivity contribution in [1.29, 1.82) is 0 Å². The lowest BCUT2D eigenvalue weighted by Gasteiger charge is -2.10. The second-order valence-corrected chi connectivity index (χ2v) is 10.7. The highest BCUT2D eigenvalue weighted by atomic mass is 32.2. The van der Waals surface area contributed by atoms with Crippen molar-refractivity contribution in [2.24, 2.45) is 0 Å². The van der Waals surface area contributed by atoms with Gasteiger partial charge in [-0.15, -0.1) is 0 Å². The van der Waals surface area contributed by atoms with Crippen LogP contribution in [0.5, 0.6) is 11.5 Å². The van der Waals surface area contributed by atoms with Gasteiger partial charge in [0.15, 0.2) is 0 Å². The molecule has 7 aromatic rings. The first-order chi connectivity index (χ1) is 18.8. The van der Waals surface area contributed by atoms with E-state index >= 15 is 0 Å². The zero-order valence-corrected chi connectivity index (χ0v) is 21.3. The van der Waals surface area contributed by atoms with Crippen LogP contribution in [0.4, 0.5) is 0 Å². The van der Waals surface area contributed by atoms with Crippen molar-refractivity contribution in [1.82, 2.24) is 9.97 Å². The fourth-order valence-electron chi connectivity index (χ4n) is 5.19. The second-order valence-electron chi connectivity index (χ2n) is 9.26. The van der Waals surface area contributed by atoms with Crippen LogP contribution in [0.15, 0.2) is 94.2 Å². The van der Waals surface area contributed by atoms with E-state index in [0.717, 1.165) is 39.1 Å². The first-order valence-electron chi connectivity index (χ1n) is 12.0. The molecule has 9 heteroatoms. The average Bonchev–Trinajstić information content (AvgIpc) is 3.53. The van der Waals surface area contributed by atoms with Gasteiger partial charge in [0, 0.05) is 22.4 Å². The summed E-state index contributed by atoms with van der Waals surface area (Å²) >= 11 is 0. The van der Waals surface area contributed by atoms with E-state index in [-0.39, 0.29) is 10.6 Å². The lowest BCUT2D eigenvalue weighted by molar-refractivity contribution is 0.416. The van der Waals surface area contributed by atoms with Crippen LogP contribution in [0.3, 0.4) is 0 Å². The monoisotopic (exact) mass is 536 g/mol. The molecule has 0 amide bonds. The van der Waals surface area contributed by atoms with Crippen LogP contribution in [0.1, 0.15) is 0 Å². The van der Waals surface area contributed by atoms with Crippen LogP contribution in [0, 0.1) is 0 Å². The third kappa shape index (κ3) is 3.63. The Morgan fingerprint density at radius 1 is 0.897 bits per heavy atom. The minimum Gasteiger partial charge on any atom is -0.507 e. The number of phenols is 1. The highest BCUT2D eigenvalue weighted by Gasteiger charge is 2.19. The SMILES string of the molecule is COc1cc(-c2cccc3c2oc2ccccc23)ccc1-c1nc2c(ccc3cc(S(=O)(=O)O)cc(O)c32)[nH]1. The van der Waals surface area contributed by atoms with Gasteiger partial charge in [0.05, 0.1) is 28.5 Å². The summed E-state index contributed by atoms with van der Waals surface area (Å²) in [6.45, 7) is 0. The van der Waals surface area contributed by atoms with Crippen LogP contribution in [-0.2, 0) is 10.1 Å². The van der Waals surface area contributed by atoms with Crippen LogP contribution >= 0.6 is 0 Å². The number of rotatable bonds is 4. The molecule has 0 aliphatic heterocycles. The fraction of sp³-hybridized carbons (Fsp3) is 0.0333. The van der Waals surface area contributed by atoms with Crippen LogP contribution in [0.2, 0.25) is 0 Å². The Kier molecular flexibility index (Phi) is 4.97. The van der Waals surface area contributed by atoms with E-state index in [1.165, 1.54) is 6.07 Å². The third-order valence-electron chi connectivity index (χ3n) is 6.99. The van der Waals surface area contributed by atoms with Gasteiger partial charge in [-0.3, -0.25) is 4.55 Å². The number of fused-ring (bicyclic) bond motifs is 6. The predicted octanol–water partition coefficient (Wildman–Crippen LogP) is 6.91. The highest BCUT2D eigenvalue weighted by molar-refractivity contribution is 7.85. The molecule has 8 nitrogen and oxygen atoms in total. The Balaban J connectivity index is 1.37. The number of imidazole rings is 1. The third-order valence-corrected chi connectivity index (χ3v) is 7.82. The molecular formula is C30H20N2O6S. The van der Waals surface area contributed by atoms with Crippen LogP contribution < -0.4 is 4.74 Å². The second kappa shape index (κ2) is 8.32. The van der Waals surface area contributed by atoms with Crippen molar-refractivity contribution in [2.75, 3.05) is 7.11 Å². The van der Waals surface area contributed by atoms with Crippen molar-refractivity contribution < 1.29 is 27.2 Å². The number of nitrogens with one attached hydrogen (secondary N) is 1. The largest absolute Gasteiger partial charge is 0.507 e. The summed E-state index contributed by atoms with van der Waals surface area (Å²) in [5.74, 6) is 0.799. The van der Waals surface area contributed by atoms with Crippen molar-refractivity contribution in [3.63, 3.8) is 0 Å². The molecule has 2 aromatic heterocycles. The zero-order chi connectivity index (χ0) is 26.9. The van der Waals surface area contributed by atoms with E-state index in [4.69, 9.17) is 14.1 Å². The molecule has 0 fully saturated rings. The maximum absolute atomic E-state index is 11.6. The number of aromatic hydroxyl groups is 1. The summed E-state index contributed by atoms with van der Waals surface area (Å²) in [6.07, 6.45) is 0. The summed E-state index contributed by atoms with van der Waals surface area (Å²) < 4.78 is 44.6. The van der Waals surface area contributed by atoms with Gasteiger partial charge < -0.3 is 19.2 Å². The van der Waals surface area contributed by atoms with Gasteiger partial charge in [0.1, 0.15) is 34.0 Å². The number of aromatic nitrogens is 2. The van der Waals surface area contributed by atoms with Crippen LogP contribution in [0.25, 0.3) is 66.3 Å². The standard InChI is InChI=1S/C30H20N2O6S/c1-37-26-14-16(19-6-4-7-21-20-5-2-3-8-25(20)38-29(19)21)9-11-22(26)30-31-23-12-10-17-13-18(39(34,35)36)15-24(33)27(17)28(23)32-30/h2-15,33H,1H3,(H,31,32)(H,34,35,36). The highest BCUT2D eigenvalue weighted by Crippen LogP contribution is 2.40. The Labute approximate surface area is 221 Å². The number of furan rings is 1. The molecule has 7 rings (SSSR count). The number of phenolic OH excluding ortho intramolecular Hbond substituents is 1. The van der Waals surface area contributed by atoms with Gasteiger partial charge in [0.25, 0.3) is 10.1 Å². The molecule has 0 aliphatic carbocycles. The zero-order valence-electron chi connectivity index (χ0n) is 20.5. The molecule has 0 bridgehead atoms. The average molecular weight is 537 g/mol. The van der Waals surface area contributed by atoms with E-state index in [0.29, 0.717) is 38.9 Å². The Hall–Kier alpha value is -4.86. The molecule has 0 atom stereocenters. The van der Waals surface area contributed by atoms with E-state index in [2.05, 4.69) is 4.98 Å². The van der Waals surface area contributed by atoms with Gasteiger partial charge in [-0.25, -0.2) is 4.98 Å². The number of methoxy groups -OCH3 is 1. The van der Waals surface area contributed by atoms with Gasteiger partial charge in [-0.1, -0.05) is 48.5 Å². The lowest BCUT2D eigenvalue weighted by atomic mass is 10.0. The fourth-order valence-corrected chi connectivity index (χ4v) is 5.72. The number of benzene rings is 5. The van der Waals surface area contributed by atoms with E-state index in [9.17, 15) is 18.1 Å². The van der Waals surface area contributed by atoms with E-state index in [1.54, 1.807) is 19.2 Å². The summed E-state index contributed by atoms with van der Waals surface area (Å²) in [4.78, 5) is 7.61. The lowest BCUT2D eigenvalue weighted by Crippen LogP contribution is -1.97. The van der Waals surface area contributed by atoms with Crippen molar-refractivity contribution in [3.8, 4) is 34.0 Å². The molecule has 3 N–H and O–H groups in total. The van der Waals surface area contributed by atoms with Gasteiger partial charge >= 0.3 is 0 Å². The number of H-pyrrole nitrogens is 1. The predicted molar refractivity (Wildman–Crippen MR) is 150 cm³/mol. The minimum absolute atomic E-state index is 0.301. The normalized spacial score (nSPS) is 12.2. The summed E-state index contributed by atoms with van der Waals surface area (Å²) in [6, 6.07) is 25.5. The van der Waals surface area contributed by atoms with Gasteiger partial charge in [-0.2, -0.15) is 8.42 Å². The quantitative estimate of drug-likeness (QED) is 0.209. The number of para-hydroxylation sites is 2. The van der Waals surface area contributed by atoms with E-state index in [1.807, 2.05) is 60.7 Å². The van der Waals surface area contributed by atoms with Gasteiger partial charge in [0.2, 0.25) is 0 Å². The topological polar surface area (TPSA) is 126 Å². The van der Waals surface area contributed by atoms with E-state index < -0.39 is 10.1 Å². The number of nitrogens with zero attached hydrogens (tertiary/aromatic N) is 1. The Morgan fingerprint density at radius 3 is 2.54 bits per heavy atom. The summed E-state index contributed by atoms with van der Waals surface area (Å²) in [5, 5.41) is 13.5. The molecule has 39 heavy (non-hydrogen) atoms. The molecule has 0 unspecified atom stereocenters. The number of hydrogen-bond donors (Lipinski definition) is 3. The Morgan fingerprint density at radius 2 is 1.72 bits per heavy atom. The molecule has 0 saturated carbocycles. The molecule has 0 spiro atoms.